The van der Waals surface area contributed by atoms with Gasteiger partial charge in [-0.15, -0.1) is 0 Å². The molecule has 306 valence electrons. The molecule has 51 heavy (non-hydrogen) atoms. The van der Waals surface area contributed by atoms with Gasteiger partial charge in [-0.05, 0) is 12.8 Å². The third kappa shape index (κ3) is 37.6. The molecule has 0 radical (unpaired) electrons. The van der Waals surface area contributed by atoms with Crippen LogP contribution in [0.4, 0.5) is 0 Å². The Hall–Kier alpha value is -0.500. The van der Waals surface area contributed by atoms with E-state index in [-0.39, 0.29) is 31.7 Å². The lowest BCUT2D eigenvalue weighted by Gasteiger charge is -2.24. The van der Waals surface area contributed by atoms with Crippen molar-refractivity contribution >= 4 is 13.8 Å². The molecule has 0 saturated heterocycles. The molecule has 0 aromatic carbocycles. The van der Waals surface area contributed by atoms with Crippen LogP contribution in [0.15, 0.2) is 0 Å². The lowest BCUT2D eigenvalue weighted by atomic mass is 10.0. The van der Waals surface area contributed by atoms with Gasteiger partial charge in [0.1, 0.15) is 19.3 Å². The number of hydrogen-bond acceptors (Lipinski definition) is 6. The number of quaternary nitrogens is 1. The van der Waals surface area contributed by atoms with E-state index in [1.807, 2.05) is 28.1 Å². The fraction of sp³-hybridized carbons (Fsp3) is 0.976. The number of hydrogen-bond donors (Lipinski definition) is 1. The van der Waals surface area contributed by atoms with Crippen LogP contribution in [0.25, 0.3) is 0 Å². The van der Waals surface area contributed by atoms with Gasteiger partial charge in [-0.1, -0.05) is 188 Å². The van der Waals surface area contributed by atoms with Crippen molar-refractivity contribution in [3.8, 4) is 0 Å². The van der Waals surface area contributed by atoms with Gasteiger partial charge in [-0.25, -0.2) is 4.57 Å². The zero-order chi connectivity index (χ0) is 37.9. The number of carbonyl (C=O) groups excluding carboxylic acids is 1. The summed E-state index contributed by atoms with van der Waals surface area (Å²) in [7, 11) is 1.67. The molecule has 0 rings (SSSR count). The maximum atomic E-state index is 13.0. The maximum absolute atomic E-state index is 13.0. The highest BCUT2D eigenvalue weighted by atomic mass is 31.2. The predicted molar refractivity (Wildman–Crippen MR) is 215 cm³/mol. The van der Waals surface area contributed by atoms with Crippen molar-refractivity contribution in [3.05, 3.63) is 0 Å². The molecule has 0 bridgehead atoms. The Kier molecular flexibility index (Phi) is 34.9. The highest BCUT2D eigenvalue weighted by molar-refractivity contribution is 7.47. The summed E-state index contributed by atoms with van der Waals surface area (Å²) in [5.74, 6) is -0.547. The number of carbonyl (C=O) groups is 1. The second-order valence-corrected chi connectivity index (χ2v) is 17.7. The van der Waals surface area contributed by atoms with Crippen molar-refractivity contribution in [1.82, 2.24) is 0 Å². The summed E-state index contributed by atoms with van der Waals surface area (Å²) in [6.07, 6.45) is 35.0. The number of nitrogens with zero attached hydrogens (tertiary/aromatic N) is 1. The third-order valence-electron chi connectivity index (χ3n) is 9.81. The van der Waals surface area contributed by atoms with E-state index >= 15 is 0 Å². The molecule has 0 aromatic heterocycles. The van der Waals surface area contributed by atoms with Crippen molar-refractivity contribution in [2.75, 3.05) is 54.1 Å². The molecular weight excluding hydrogens is 661 g/mol. The van der Waals surface area contributed by atoms with E-state index in [1.165, 1.54) is 148 Å². The van der Waals surface area contributed by atoms with Crippen LogP contribution in [0, 0.1) is 5.92 Å². The predicted octanol–water partition coefficient (Wildman–Crippen LogP) is 12.4. The molecule has 0 amide bonds. The summed E-state index contributed by atoms with van der Waals surface area (Å²) in [5, 5.41) is 0. The molecule has 0 saturated carbocycles. The highest BCUT2D eigenvalue weighted by Gasteiger charge is 2.27. The van der Waals surface area contributed by atoms with Crippen LogP contribution < -0.4 is 0 Å². The first-order valence-corrected chi connectivity index (χ1v) is 23.2. The van der Waals surface area contributed by atoms with Gasteiger partial charge in [0, 0.05) is 6.61 Å². The van der Waals surface area contributed by atoms with Crippen LogP contribution in [0.5, 0.6) is 0 Å². The summed E-state index contributed by atoms with van der Waals surface area (Å²) in [6.45, 7) is 7.55. The Morgan fingerprint density at radius 2 is 0.961 bits per heavy atom. The van der Waals surface area contributed by atoms with Crippen LogP contribution >= 0.6 is 7.82 Å². The number of phosphoric acid groups is 1. The second-order valence-electron chi connectivity index (χ2n) is 16.3. The maximum Gasteiger partial charge on any atom is 0.472 e. The number of rotatable bonds is 40. The Labute approximate surface area is 317 Å². The first kappa shape index (κ1) is 50.5. The van der Waals surface area contributed by atoms with Gasteiger partial charge in [-0.2, -0.15) is 0 Å². The molecule has 1 unspecified atom stereocenters. The molecule has 8 nitrogen and oxygen atoms in total. The Morgan fingerprint density at radius 3 is 1.37 bits per heavy atom. The standard InChI is InChI=1S/C42H86NO7P/c1-7-9-11-13-15-17-19-21-23-25-27-29-31-33-36-47-38-41(39-49-51(45,46)48-37-35-43(4,5)6)50-42(44)40(3)34-32-30-28-26-24-22-20-18-16-14-12-10-8-2/h40-41H,7-39H2,1-6H3/p+1/t40-,41+/m1/s1. The van der Waals surface area contributed by atoms with E-state index in [0.29, 0.717) is 17.6 Å². The molecule has 0 spiro atoms. The van der Waals surface area contributed by atoms with E-state index in [4.69, 9.17) is 18.5 Å². The van der Waals surface area contributed by atoms with Crippen molar-refractivity contribution in [3.63, 3.8) is 0 Å². The number of likely N-dealkylation sites (N-methyl/N-ethyl adjacent to an activating group) is 1. The largest absolute Gasteiger partial charge is 0.472 e. The van der Waals surface area contributed by atoms with Crippen LogP contribution in [-0.2, 0) is 27.9 Å². The topological polar surface area (TPSA) is 91.3 Å². The van der Waals surface area contributed by atoms with Crippen LogP contribution in [0.1, 0.15) is 201 Å². The summed E-state index contributed by atoms with van der Waals surface area (Å²) < 4.78 is 35.2. The van der Waals surface area contributed by atoms with Gasteiger partial charge in [0.15, 0.2) is 0 Å². The van der Waals surface area contributed by atoms with Gasteiger partial charge >= 0.3 is 13.8 Å². The van der Waals surface area contributed by atoms with Gasteiger partial charge in [0.2, 0.25) is 0 Å². The molecule has 0 aliphatic heterocycles. The minimum absolute atomic E-state index is 0.0908. The second kappa shape index (κ2) is 35.2. The Balaban J connectivity index is 4.34. The lowest BCUT2D eigenvalue weighted by molar-refractivity contribution is -0.870. The van der Waals surface area contributed by atoms with E-state index in [1.54, 1.807) is 0 Å². The number of phosphoric ester groups is 1. The van der Waals surface area contributed by atoms with Gasteiger partial charge in [0.25, 0.3) is 0 Å². The summed E-state index contributed by atoms with van der Waals surface area (Å²) >= 11 is 0. The smallest absolute Gasteiger partial charge is 0.457 e. The number of esters is 1. The van der Waals surface area contributed by atoms with Crippen LogP contribution in [-0.4, -0.2) is 75.6 Å². The fourth-order valence-corrected chi connectivity index (χ4v) is 6.98. The molecule has 0 fully saturated rings. The van der Waals surface area contributed by atoms with Crippen molar-refractivity contribution in [2.24, 2.45) is 5.92 Å². The Bertz CT molecular complexity index is 807. The number of unbranched alkanes of at least 4 members (excludes halogenated alkanes) is 25. The zero-order valence-electron chi connectivity index (χ0n) is 34.8. The van der Waals surface area contributed by atoms with Gasteiger partial charge in [-0.3, -0.25) is 13.8 Å². The normalized spacial score (nSPS) is 14.4. The molecule has 3 atom stereocenters. The average molecular weight is 749 g/mol. The minimum Gasteiger partial charge on any atom is -0.457 e. The fourth-order valence-electron chi connectivity index (χ4n) is 6.24. The highest BCUT2D eigenvalue weighted by Crippen LogP contribution is 2.43. The molecule has 0 aromatic rings. The lowest BCUT2D eigenvalue weighted by Crippen LogP contribution is -2.37. The Morgan fingerprint density at radius 1 is 0.569 bits per heavy atom. The van der Waals surface area contributed by atoms with E-state index in [0.717, 1.165) is 32.1 Å². The van der Waals surface area contributed by atoms with Crippen LogP contribution in [0.3, 0.4) is 0 Å². The average Bonchev–Trinajstić information content (AvgIpc) is 3.08. The first-order valence-electron chi connectivity index (χ1n) is 21.7. The monoisotopic (exact) mass is 749 g/mol. The van der Waals surface area contributed by atoms with E-state index in [9.17, 15) is 14.3 Å². The summed E-state index contributed by atoms with van der Waals surface area (Å²) in [5.41, 5.74) is 0. The third-order valence-corrected chi connectivity index (χ3v) is 10.8. The van der Waals surface area contributed by atoms with E-state index in [2.05, 4.69) is 13.8 Å². The summed E-state index contributed by atoms with van der Waals surface area (Å²) in [6, 6.07) is 0. The molecule has 0 heterocycles. The van der Waals surface area contributed by atoms with Gasteiger partial charge < -0.3 is 18.9 Å². The van der Waals surface area contributed by atoms with Crippen molar-refractivity contribution < 1.29 is 37.3 Å². The van der Waals surface area contributed by atoms with Gasteiger partial charge in [0.05, 0.1) is 40.3 Å². The van der Waals surface area contributed by atoms with E-state index < -0.39 is 13.9 Å². The van der Waals surface area contributed by atoms with Crippen LogP contribution in [0.2, 0.25) is 0 Å². The molecule has 1 N–H and O–H groups in total. The molecule has 9 heteroatoms. The molecule has 0 aliphatic rings. The summed E-state index contributed by atoms with van der Waals surface area (Å²) in [4.78, 5) is 23.2. The quantitative estimate of drug-likeness (QED) is 0.0289. The number of ether oxygens (including phenoxy) is 2. The van der Waals surface area contributed by atoms with Crippen molar-refractivity contribution in [2.45, 2.75) is 207 Å². The SMILES string of the molecule is CCCCCCCCCCCCCCCCOC[C@@H](COP(=O)(O)OCC[N+](C)(C)C)OC(=O)[C@H](C)CCCCCCCCCCCCCCC. The van der Waals surface area contributed by atoms with Crippen molar-refractivity contribution in [1.29, 1.82) is 0 Å². The zero-order valence-corrected chi connectivity index (χ0v) is 35.7. The molecule has 0 aliphatic carbocycles. The first-order chi connectivity index (χ1) is 24.5. The molecular formula is C42H87NO7P+. The minimum atomic E-state index is -4.28.